The average Bonchev–Trinajstić information content (AvgIpc) is 2.18. The van der Waals surface area contributed by atoms with Gasteiger partial charge in [-0.15, -0.1) is 0 Å². The van der Waals surface area contributed by atoms with Crippen LogP contribution in [-0.4, -0.2) is 12.5 Å². The van der Waals surface area contributed by atoms with E-state index in [0.29, 0.717) is 6.54 Å². The highest BCUT2D eigenvalue weighted by Gasteiger charge is 2.02. The van der Waals surface area contributed by atoms with E-state index in [2.05, 4.69) is 5.32 Å². The van der Waals surface area contributed by atoms with Crippen molar-refractivity contribution in [3.63, 3.8) is 0 Å². The van der Waals surface area contributed by atoms with Crippen LogP contribution in [0.1, 0.15) is 22.8 Å². The smallest absolute Gasteiger partial charge is 0.251 e. The lowest BCUT2D eigenvalue weighted by Gasteiger charge is -2.02. The van der Waals surface area contributed by atoms with Crippen molar-refractivity contribution in [1.29, 1.82) is 0 Å². The van der Waals surface area contributed by atoms with E-state index in [0.717, 1.165) is 11.1 Å². The van der Waals surface area contributed by atoms with E-state index in [1.165, 1.54) is 0 Å². The quantitative estimate of drug-likeness (QED) is 0.726. The van der Waals surface area contributed by atoms with Crippen molar-refractivity contribution in [1.82, 2.24) is 5.32 Å². The van der Waals surface area contributed by atoms with Crippen LogP contribution >= 0.6 is 0 Å². The summed E-state index contributed by atoms with van der Waals surface area (Å²) < 4.78 is 0. The normalized spacial score (nSPS) is 10.4. The number of hydrogen-bond donors (Lipinski definition) is 1. The SMILES string of the molecule is C/C=C/CNC(=O)c1cccc(C)c1. The highest BCUT2D eigenvalue weighted by molar-refractivity contribution is 5.94. The Labute approximate surface area is 84.6 Å². The highest BCUT2D eigenvalue weighted by Crippen LogP contribution is 2.03. The molecule has 1 N–H and O–H groups in total. The first-order valence-corrected chi connectivity index (χ1v) is 4.70. The molecule has 0 saturated carbocycles. The Kier molecular flexibility index (Phi) is 3.92. The van der Waals surface area contributed by atoms with Gasteiger partial charge in [0.05, 0.1) is 0 Å². The van der Waals surface area contributed by atoms with Crippen LogP contribution < -0.4 is 5.32 Å². The van der Waals surface area contributed by atoms with Crippen molar-refractivity contribution in [3.8, 4) is 0 Å². The third kappa shape index (κ3) is 3.05. The maximum Gasteiger partial charge on any atom is 0.251 e. The van der Waals surface area contributed by atoms with Gasteiger partial charge in [-0.05, 0) is 26.0 Å². The van der Waals surface area contributed by atoms with Crippen molar-refractivity contribution in [2.75, 3.05) is 6.54 Å². The summed E-state index contributed by atoms with van der Waals surface area (Å²) in [7, 11) is 0. The summed E-state index contributed by atoms with van der Waals surface area (Å²) in [4.78, 5) is 11.5. The van der Waals surface area contributed by atoms with Crippen LogP contribution in [0.3, 0.4) is 0 Å². The number of nitrogens with one attached hydrogen (secondary N) is 1. The van der Waals surface area contributed by atoms with Gasteiger partial charge in [0.25, 0.3) is 5.91 Å². The molecule has 0 fully saturated rings. The van der Waals surface area contributed by atoms with Crippen molar-refractivity contribution in [2.45, 2.75) is 13.8 Å². The first kappa shape index (κ1) is 10.5. The molecular weight excluding hydrogens is 174 g/mol. The number of rotatable bonds is 3. The van der Waals surface area contributed by atoms with Gasteiger partial charge in [-0.3, -0.25) is 4.79 Å². The Bertz CT molecular complexity index is 342. The summed E-state index contributed by atoms with van der Waals surface area (Å²) in [5.41, 5.74) is 1.82. The van der Waals surface area contributed by atoms with Crippen LogP contribution in [0.15, 0.2) is 36.4 Å². The van der Waals surface area contributed by atoms with Gasteiger partial charge < -0.3 is 5.32 Å². The number of amides is 1. The number of allylic oxidation sites excluding steroid dienone is 1. The van der Waals surface area contributed by atoms with Crippen molar-refractivity contribution in [2.24, 2.45) is 0 Å². The fourth-order valence-corrected chi connectivity index (χ4v) is 1.16. The highest BCUT2D eigenvalue weighted by atomic mass is 16.1. The lowest BCUT2D eigenvalue weighted by Crippen LogP contribution is -2.23. The molecule has 0 heterocycles. The van der Waals surface area contributed by atoms with Crippen LogP contribution in [0.4, 0.5) is 0 Å². The molecule has 0 unspecified atom stereocenters. The molecule has 1 aromatic carbocycles. The first-order chi connectivity index (χ1) is 6.74. The fourth-order valence-electron chi connectivity index (χ4n) is 1.16. The van der Waals surface area contributed by atoms with Gasteiger partial charge in [-0.1, -0.05) is 29.8 Å². The molecule has 0 aliphatic rings. The van der Waals surface area contributed by atoms with E-state index in [1.807, 2.05) is 50.3 Å². The number of aryl methyl sites for hydroxylation is 1. The third-order valence-corrected chi connectivity index (χ3v) is 1.90. The summed E-state index contributed by atoms with van der Waals surface area (Å²) in [5.74, 6) is -0.0215. The van der Waals surface area contributed by atoms with Gasteiger partial charge in [0.1, 0.15) is 0 Å². The minimum absolute atomic E-state index is 0.0215. The van der Waals surface area contributed by atoms with Crippen LogP contribution in [0.25, 0.3) is 0 Å². The molecule has 2 heteroatoms. The predicted molar refractivity (Wildman–Crippen MR) is 58.3 cm³/mol. The average molecular weight is 189 g/mol. The molecule has 1 rings (SSSR count). The molecule has 0 radical (unpaired) electrons. The molecule has 2 nitrogen and oxygen atoms in total. The Morgan fingerprint density at radius 2 is 2.29 bits per heavy atom. The topological polar surface area (TPSA) is 29.1 Å². The second-order valence-electron chi connectivity index (χ2n) is 3.15. The molecule has 0 atom stereocenters. The van der Waals surface area contributed by atoms with Gasteiger partial charge >= 0.3 is 0 Å². The number of carbonyl (C=O) groups is 1. The van der Waals surface area contributed by atoms with E-state index in [4.69, 9.17) is 0 Å². The monoisotopic (exact) mass is 189 g/mol. The van der Waals surface area contributed by atoms with Gasteiger partial charge in [0.2, 0.25) is 0 Å². The third-order valence-electron chi connectivity index (χ3n) is 1.90. The Hall–Kier alpha value is -1.57. The molecule has 1 amide bonds. The Balaban J connectivity index is 2.60. The van der Waals surface area contributed by atoms with Gasteiger partial charge in [0.15, 0.2) is 0 Å². The summed E-state index contributed by atoms with van der Waals surface area (Å²) in [6.45, 7) is 4.49. The molecule has 0 aromatic heterocycles. The van der Waals surface area contributed by atoms with Crippen LogP contribution in [0, 0.1) is 6.92 Å². The standard InChI is InChI=1S/C12H15NO/c1-3-4-8-13-12(14)11-7-5-6-10(2)9-11/h3-7,9H,8H2,1-2H3,(H,13,14)/b4-3+. The lowest BCUT2D eigenvalue weighted by atomic mass is 10.1. The zero-order valence-corrected chi connectivity index (χ0v) is 8.58. The zero-order chi connectivity index (χ0) is 10.4. The van der Waals surface area contributed by atoms with E-state index in [9.17, 15) is 4.79 Å². The summed E-state index contributed by atoms with van der Waals surface area (Å²) in [6, 6.07) is 7.56. The maximum atomic E-state index is 11.5. The van der Waals surface area contributed by atoms with Crippen LogP contribution in [-0.2, 0) is 0 Å². The van der Waals surface area contributed by atoms with Crippen LogP contribution in [0.5, 0.6) is 0 Å². The summed E-state index contributed by atoms with van der Waals surface area (Å²) >= 11 is 0. The van der Waals surface area contributed by atoms with E-state index < -0.39 is 0 Å². The second-order valence-corrected chi connectivity index (χ2v) is 3.15. The minimum atomic E-state index is -0.0215. The van der Waals surface area contributed by atoms with Gasteiger partial charge in [-0.2, -0.15) is 0 Å². The van der Waals surface area contributed by atoms with Crippen molar-refractivity contribution < 1.29 is 4.79 Å². The number of carbonyl (C=O) groups excluding carboxylic acids is 1. The zero-order valence-electron chi connectivity index (χ0n) is 8.58. The molecule has 0 aliphatic carbocycles. The van der Waals surface area contributed by atoms with Gasteiger partial charge in [-0.25, -0.2) is 0 Å². The largest absolute Gasteiger partial charge is 0.349 e. The fraction of sp³-hybridized carbons (Fsp3) is 0.250. The first-order valence-electron chi connectivity index (χ1n) is 4.70. The molecule has 0 saturated heterocycles. The molecule has 0 bridgehead atoms. The molecule has 0 aliphatic heterocycles. The molecule has 0 spiro atoms. The van der Waals surface area contributed by atoms with Gasteiger partial charge in [0, 0.05) is 12.1 Å². The Morgan fingerprint density at radius 1 is 1.50 bits per heavy atom. The molecule has 74 valence electrons. The minimum Gasteiger partial charge on any atom is -0.349 e. The van der Waals surface area contributed by atoms with Crippen molar-refractivity contribution in [3.05, 3.63) is 47.5 Å². The maximum absolute atomic E-state index is 11.5. The molecule has 14 heavy (non-hydrogen) atoms. The second kappa shape index (κ2) is 5.22. The Morgan fingerprint density at radius 3 is 2.93 bits per heavy atom. The van der Waals surface area contributed by atoms with E-state index in [1.54, 1.807) is 0 Å². The van der Waals surface area contributed by atoms with E-state index >= 15 is 0 Å². The molecular formula is C12H15NO. The summed E-state index contributed by atoms with van der Waals surface area (Å²) in [6.07, 6.45) is 3.82. The van der Waals surface area contributed by atoms with E-state index in [-0.39, 0.29) is 5.91 Å². The number of benzene rings is 1. The number of hydrogen-bond acceptors (Lipinski definition) is 1. The summed E-state index contributed by atoms with van der Waals surface area (Å²) in [5, 5.41) is 2.80. The lowest BCUT2D eigenvalue weighted by molar-refractivity contribution is 0.0958. The van der Waals surface area contributed by atoms with Crippen molar-refractivity contribution >= 4 is 5.91 Å². The molecule has 1 aromatic rings. The predicted octanol–water partition coefficient (Wildman–Crippen LogP) is 2.30. The van der Waals surface area contributed by atoms with Crippen LogP contribution in [0.2, 0.25) is 0 Å².